The maximum absolute atomic E-state index is 12.2. The Labute approximate surface area is 252 Å². The molecule has 0 aromatic heterocycles. The average molecular weight is 657 g/mol. The van der Waals surface area contributed by atoms with Gasteiger partial charge in [-0.1, -0.05) is 28.1 Å². The van der Waals surface area contributed by atoms with Crippen molar-refractivity contribution in [2.45, 2.75) is 62.2 Å². The fourth-order valence-corrected chi connectivity index (χ4v) is 5.62. The molecule has 0 radical (unpaired) electrons. The first-order chi connectivity index (χ1) is 20.4. The average Bonchev–Trinajstić information content (AvgIpc) is 3.49. The summed E-state index contributed by atoms with van der Waals surface area (Å²) in [7, 11) is 0. The fraction of sp³-hybridized carbons (Fsp3) is 0.357. The van der Waals surface area contributed by atoms with Crippen molar-refractivity contribution in [3.63, 3.8) is 0 Å². The van der Waals surface area contributed by atoms with E-state index in [-0.39, 0.29) is 89.7 Å². The Bertz CT molecular complexity index is 1570. The number of rotatable bonds is 3. The first-order valence-electron chi connectivity index (χ1n) is 13.2. The summed E-state index contributed by atoms with van der Waals surface area (Å²) in [5.74, 6) is -0.820. The number of halogens is 1. The van der Waals surface area contributed by atoms with E-state index in [2.05, 4.69) is 21.2 Å². The fourth-order valence-electron chi connectivity index (χ4n) is 5.23. The van der Waals surface area contributed by atoms with E-state index >= 15 is 0 Å². The first-order valence-corrected chi connectivity index (χ1v) is 14.2. The van der Waals surface area contributed by atoms with Crippen LogP contribution in [0.1, 0.15) is 49.7 Å². The van der Waals surface area contributed by atoms with E-state index in [0.717, 1.165) is 0 Å². The Morgan fingerprint density at radius 3 is 1.91 bits per heavy atom. The molecule has 2 heterocycles. The zero-order valence-corrected chi connectivity index (χ0v) is 24.2. The van der Waals surface area contributed by atoms with E-state index < -0.39 is 15.9 Å². The SMILES string of the molecule is O=C1CCC(Br)C(=O)C1.O=C1CCC(N2C(=O)Cc3c2cccc3[N+](=O)[O-])C(=O)C1.O=C1Cc2c(cccc2[N+](=O)[O-])N1. The first kappa shape index (κ1) is 31.3. The molecule has 2 fully saturated rings. The Hall–Kier alpha value is -4.66. The van der Waals surface area contributed by atoms with Gasteiger partial charge in [-0.15, -0.1) is 0 Å². The number of Topliss-reactive ketones (excluding diaryl/α,β-unsaturated/α-hetero) is 4. The van der Waals surface area contributed by atoms with Gasteiger partial charge in [0.25, 0.3) is 11.4 Å². The number of ketones is 4. The summed E-state index contributed by atoms with van der Waals surface area (Å²) in [5, 5.41) is 24.1. The number of carbonyl (C=O) groups is 6. The molecular weight excluding hydrogens is 632 g/mol. The molecule has 0 saturated heterocycles. The van der Waals surface area contributed by atoms with Crippen LogP contribution in [0.3, 0.4) is 0 Å². The molecule has 2 amide bonds. The maximum Gasteiger partial charge on any atom is 0.275 e. The number of nitro groups is 2. The second kappa shape index (κ2) is 13.1. The van der Waals surface area contributed by atoms with Crippen LogP contribution in [0.4, 0.5) is 22.7 Å². The summed E-state index contributed by atoms with van der Waals surface area (Å²) in [4.78, 5) is 89.6. The Balaban J connectivity index is 0.000000163. The molecule has 15 heteroatoms. The van der Waals surface area contributed by atoms with Gasteiger partial charge in [0.2, 0.25) is 11.8 Å². The van der Waals surface area contributed by atoms with Gasteiger partial charge in [-0.3, -0.25) is 49.0 Å². The van der Waals surface area contributed by atoms with Gasteiger partial charge in [0, 0.05) is 25.0 Å². The van der Waals surface area contributed by atoms with Crippen molar-refractivity contribution in [1.82, 2.24) is 0 Å². The second-order valence-electron chi connectivity index (χ2n) is 10.2. The highest BCUT2D eigenvalue weighted by Crippen LogP contribution is 2.38. The lowest BCUT2D eigenvalue weighted by atomic mass is 9.91. The number of alkyl halides is 1. The number of nitrogens with zero attached hydrogens (tertiary/aromatic N) is 3. The number of nitrogens with one attached hydrogen (secondary N) is 1. The van der Waals surface area contributed by atoms with Crippen molar-refractivity contribution < 1.29 is 38.6 Å². The molecule has 6 rings (SSSR count). The molecule has 2 atom stereocenters. The van der Waals surface area contributed by atoms with Gasteiger partial charge < -0.3 is 10.2 Å². The van der Waals surface area contributed by atoms with Crippen LogP contribution in [0, 0.1) is 20.2 Å². The normalized spacial score (nSPS) is 20.7. The smallest absolute Gasteiger partial charge is 0.275 e. The number of fused-ring (bicyclic) bond motifs is 2. The number of amides is 2. The number of hydrogen-bond acceptors (Lipinski definition) is 10. The number of hydrogen-bond donors (Lipinski definition) is 1. The van der Waals surface area contributed by atoms with Gasteiger partial charge in [0.1, 0.15) is 11.6 Å². The Morgan fingerprint density at radius 1 is 0.744 bits per heavy atom. The summed E-state index contributed by atoms with van der Waals surface area (Å²) >= 11 is 3.18. The summed E-state index contributed by atoms with van der Waals surface area (Å²) < 4.78 is 0. The largest absolute Gasteiger partial charge is 0.325 e. The van der Waals surface area contributed by atoms with Crippen LogP contribution >= 0.6 is 15.9 Å². The Kier molecular flexibility index (Phi) is 9.53. The van der Waals surface area contributed by atoms with Crippen LogP contribution in [-0.2, 0) is 41.6 Å². The third-order valence-electron chi connectivity index (χ3n) is 7.29. The number of carbonyl (C=O) groups excluding carboxylic acids is 6. The van der Waals surface area contributed by atoms with Gasteiger partial charge in [0.05, 0.1) is 68.9 Å². The lowest BCUT2D eigenvalue weighted by Crippen LogP contribution is -2.46. The Morgan fingerprint density at radius 2 is 1.33 bits per heavy atom. The van der Waals surface area contributed by atoms with Crippen molar-refractivity contribution >= 4 is 73.6 Å². The molecule has 2 saturated carbocycles. The van der Waals surface area contributed by atoms with Crippen molar-refractivity contribution in [2.24, 2.45) is 0 Å². The lowest BCUT2D eigenvalue weighted by molar-refractivity contribution is -0.385. The van der Waals surface area contributed by atoms with Gasteiger partial charge in [-0.05, 0) is 25.0 Å². The van der Waals surface area contributed by atoms with Gasteiger partial charge >= 0.3 is 0 Å². The van der Waals surface area contributed by atoms with E-state index in [4.69, 9.17) is 0 Å². The summed E-state index contributed by atoms with van der Waals surface area (Å²) in [6.45, 7) is 0. The minimum Gasteiger partial charge on any atom is -0.325 e. The standard InChI is InChI=1S/C14H12N2O5.C8H6N2O3.C6H7BrO2/c17-8-4-5-12(13(18)6-8)15-10-2-1-3-11(16(20)21)9(10)7-14(15)19;11-8-4-5-6(9-8)2-1-3-7(5)10(12)13;7-5-2-1-4(8)3-6(5)9/h1-3,12H,4-7H2;1-3H,4H2,(H,9,11);5H,1-3H2. The molecule has 2 aromatic rings. The third-order valence-corrected chi connectivity index (χ3v) is 8.26. The van der Waals surface area contributed by atoms with E-state index in [1.165, 1.54) is 23.1 Å². The van der Waals surface area contributed by atoms with E-state index in [9.17, 15) is 49.0 Å². The minimum absolute atomic E-state index is 0.0100. The van der Waals surface area contributed by atoms with Crippen molar-refractivity contribution in [3.8, 4) is 0 Å². The van der Waals surface area contributed by atoms with E-state index in [1.807, 2.05) is 0 Å². The quantitative estimate of drug-likeness (QED) is 0.221. The van der Waals surface area contributed by atoms with Crippen molar-refractivity contribution in [1.29, 1.82) is 0 Å². The predicted octanol–water partition coefficient (Wildman–Crippen LogP) is 3.34. The molecule has 2 aliphatic heterocycles. The molecule has 4 aliphatic rings. The topological polar surface area (TPSA) is 204 Å². The number of anilines is 2. The van der Waals surface area contributed by atoms with E-state index in [1.54, 1.807) is 18.2 Å². The van der Waals surface area contributed by atoms with Crippen LogP contribution < -0.4 is 10.2 Å². The predicted molar refractivity (Wildman–Crippen MR) is 154 cm³/mol. The summed E-state index contributed by atoms with van der Waals surface area (Å²) in [6, 6.07) is 8.40. The highest BCUT2D eigenvalue weighted by molar-refractivity contribution is 9.10. The van der Waals surface area contributed by atoms with Crippen LogP contribution in [0.15, 0.2) is 36.4 Å². The van der Waals surface area contributed by atoms with Crippen LogP contribution in [0.5, 0.6) is 0 Å². The molecule has 2 unspecified atom stereocenters. The number of benzene rings is 2. The minimum atomic E-state index is -0.682. The number of nitro benzene ring substituents is 2. The molecule has 0 bridgehead atoms. The van der Waals surface area contributed by atoms with Crippen molar-refractivity contribution in [2.75, 3.05) is 10.2 Å². The molecule has 224 valence electrons. The molecule has 43 heavy (non-hydrogen) atoms. The molecule has 0 spiro atoms. The van der Waals surface area contributed by atoms with Gasteiger partial charge in [0.15, 0.2) is 11.6 Å². The molecule has 14 nitrogen and oxygen atoms in total. The highest BCUT2D eigenvalue weighted by Gasteiger charge is 2.41. The lowest BCUT2D eigenvalue weighted by Gasteiger charge is -2.29. The zero-order valence-electron chi connectivity index (χ0n) is 22.6. The van der Waals surface area contributed by atoms with Gasteiger partial charge in [-0.25, -0.2) is 0 Å². The molecule has 1 N–H and O–H groups in total. The second-order valence-corrected chi connectivity index (χ2v) is 11.3. The van der Waals surface area contributed by atoms with Gasteiger partial charge in [-0.2, -0.15) is 0 Å². The highest BCUT2D eigenvalue weighted by atomic mass is 79.9. The van der Waals surface area contributed by atoms with E-state index in [0.29, 0.717) is 35.3 Å². The molecule has 2 aromatic carbocycles. The van der Waals surface area contributed by atoms with Crippen LogP contribution in [0.2, 0.25) is 0 Å². The zero-order chi connectivity index (χ0) is 31.4. The van der Waals surface area contributed by atoms with Crippen molar-refractivity contribution in [3.05, 3.63) is 67.8 Å². The van der Waals surface area contributed by atoms with Crippen LogP contribution in [0.25, 0.3) is 0 Å². The molecular formula is C28H25BrN4O10. The maximum atomic E-state index is 12.2. The monoisotopic (exact) mass is 656 g/mol. The van der Waals surface area contributed by atoms with Crippen LogP contribution in [-0.4, -0.2) is 55.7 Å². The summed E-state index contributed by atoms with van der Waals surface area (Å²) in [5.41, 5.74) is 1.70. The molecule has 2 aliphatic carbocycles. The summed E-state index contributed by atoms with van der Waals surface area (Å²) in [6.07, 6.45) is 1.76. The third kappa shape index (κ3) is 7.05.